The number of nitrogens with zero attached hydrogens (tertiary/aromatic N) is 2. The van der Waals surface area contributed by atoms with Crippen molar-refractivity contribution in [1.82, 2.24) is 0 Å². The molecular weight excluding hydrogens is 556 g/mol. The Hall–Kier alpha value is -2.66. The Morgan fingerprint density at radius 3 is 2.11 bits per heavy atom. The van der Waals surface area contributed by atoms with Gasteiger partial charge in [-0.05, 0) is 50.2 Å². The molecule has 0 heterocycles. The number of rotatable bonds is 5. The van der Waals surface area contributed by atoms with E-state index in [2.05, 4.69) is 10.3 Å². The van der Waals surface area contributed by atoms with Crippen LogP contribution >= 0.6 is 58.0 Å². The van der Waals surface area contributed by atoms with Gasteiger partial charge in [0, 0.05) is 11.8 Å². The number of nitrogens with one attached hydrogen (secondary N) is 1. The molecule has 3 aromatic carbocycles. The third-order valence-electron chi connectivity index (χ3n) is 4.26. The molecule has 0 radical (unpaired) electrons. The summed E-state index contributed by atoms with van der Waals surface area (Å²) in [6, 6.07) is 13.5. The summed E-state index contributed by atoms with van der Waals surface area (Å²) >= 11 is 31.2. The highest BCUT2D eigenvalue weighted by molar-refractivity contribution is 6.40. The van der Waals surface area contributed by atoms with Gasteiger partial charge in [-0.2, -0.15) is 10.3 Å². The van der Waals surface area contributed by atoms with Crippen molar-refractivity contribution in [2.45, 2.75) is 20.0 Å². The second-order valence-electron chi connectivity index (χ2n) is 7.23. The van der Waals surface area contributed by atoms with Crippen molar-refractivity contribution in [1.29, 1.82) is 5.26 Å². The molecule has 0 aliphatic carbocycles. The van der Waals surface area contributed by atoms with Crippen molar-refractivity contribution >= 4 is 75.6 Å². The molecule has 0 unspecified atom stereocenters. The highest BCUT2D eigenvalue weighted by Crippen LogP contribution is 2.39. The Morgan fingerprint density at radius 2 is 1.57 bits per heavy atom. The van der Waals surface area contributed by atoms with Crippen LogP contribution in [0.3, 0.4) is 0 Å². The van der Waals surface area contributed by atoms with Crippen LogP contribution in [0.15, 0.2) is 53.5 Å². The number of amides is 2. The lowest BCUT2D eigenvalue weighted by Crippen LogP contribution is -2.18. The van der Waals surface area contributed by atoms with Gasteiger partial charge in [0.25, 0.3) is 0 Å². The zero-order chi connectivity index (χ0) is 25.7. The number of ether oxygens (including phenoxy) is 2. The Balaban J connectivity index is 1.85. The monoisotopic (exact) mass is 569 g/mol. The van der Waals surface area contributed by atoms with Crippen molar-refractivity contribution in [3.05, 3.63) is 84.8 Å². The van der Waals surface area contributed by atoms with E-state index in [0.29, 0.717) is 16.9 Å². The molecule has 2 amide bonds. The predicted octanol–water partition coefficient (Wildman–Crippen LogP) is 9.02. The van der Waals surface area contributed by atoms with Crippen LogP contribution in [0.4, 0.5) is 10.5 Å². The van der Waals surface area contributed by atoms with E-state index in [1.807, 2.05) is 6.07 Å². The van der Waals surface area contributed by atoms with Gasteiger partial charge in [-0.1, -0.05) is 64.1 Å². The lowest BCUT2D eigenvalue weighted by molar-refractivity contribution is 0.227. The fraction of sp³-hybridized carbons (Fsp3) is 0.125. The van der Waals surface area contributed by atoms with Crippen LogP contribution in [0.2, 0.25) is 25.1 Å². The molecular formula is C24H16Cl5N3O3. The van der Waals surface area contributed by atoms with Crippen molar-refractivity contribution < 1.29 is 14.3 Å². The van der Waals surface area contributed by atoms with Gasteiger partial charge in [0.2, 0.25) is 5.90 Å². The second kappa shape index (κ2) is 11.9. The summed E-state index contributed by atoms with van der Waals surface area (Å²) in [6.07, 6.45) is -0.301. The van der Waals surface area contributed by atoms with Crippen molar-refractivity contribution in [3.63, 3.8) is 0 Å². The molecule has 1 N–H and O–H groups in total. The third kappa shape index (κ3) is 6.94. The van der Waals surface area contributed by atoms with E-state index in [-0.39, 0.29) is 48.6 Å². The first-order chi connectivity index (χ1) is 16.6. The largest absolute Gasteiger partial charge is 0.474 e. The zero-order valence-electron chi connectivity index (χ0n) is 18.2. The number of anilines is 1. The van der Waals surface area contributed by atoms with Gasteiger partial charge < -0.3 is 14.8 Å². The molecule has 0 aliphatic heterocycles. The van der Waals surface area contributed by atoms with Gasteiger partial charge in [-0.3, -0.25) is 0 Å². The summed E-state index contributed by atoms with van der Waals surface area (Å²) < 4.78 is 11.4. The number of carbonyl (C=O) groups excluding carboxylic acids is 1. The minimum atomic E-state index is -0.767. The normalized spacial score (nSPS) is 11.2. The number of carbonyl (C=O) groups is 1. The van der Waals surface area contributed by atoms with Gasteiger partial charge in [-0.15, -0.1) is 0 Å². The lowest BCUT2D eigenvalue weighted by atomic mass is 10.2. The molecule has 0 bridgehead atoms. The summed E-state index contributed by atoms with van der Waals surface area (Å²) in [6.45, 7) is 3.55. The highest BCUT2D eigenvalue weighted by Gasteiger charge is 2.18. The molecule has 0 aliphatic rings. The third-order valence-corrected chi connectivity index (χ3v) is 5.76. The lowest BCUT2D eigenvalue weighted by Gasteiger charge is -2.15. The number of hydrogen-bond donors (Lipinski definition) is 1. The van der Waals surface area contributed by atoms with Crippen LogP contribution < -0.4 is 10.1 Å². The van der Waals surface area contributed by atoms with Crippen molar-refractivity contribution in [2.24, 2.45) is 4.99 Å². The molecule has 0 fully saturated rings. The Kier molecular flexibility index (Phi) is 9.12. The molecule has 6 nitrogen and oxygen atoms in total. The van der Waals surface area contributed by atoms with E-state index < -0.39 is 6.03 Å². The first kappa shape index (κ1) is 26.9. The Bertz CT molecular complexity index is 1310. The minimum absolute atomic E-state index is 0.0389. The summed E-state index contributed by atoms with van der Waals surface area (Å²) in [7, 11) is 0. The molecule has 180 valence electrons. The van der Waals surface area contributed by atoms with Crippen LogP contribution in [0, 0.1) is 11.3 Å². The van der Waals surface area contributed by atoms with E-state index in [1.54, 1.807) is 38.1 Å². The number of urea groups is 1. The maximum atomic E-state index is 12.7. The summed E-state index contributed by atoms with van der Waals surface area (Å²) in [5.74, 6) is 0.427. The maximum Gasteiger partial charge on any atom is 0.348 e. The van der Waals surface area contributed by atoms with Crippen molar-refractivity contribution in [2.75, 3.05) is 5.32 Å². The molecule has 0 atom stereocenters. The first-order valence-electron chi connectivity index (χ1n) is 9.96. The van der Waals surface area contributed by atoms with Crippen molar-refractivity contribution in [3.8, 4) is 17.6 Å². The molecule has 0 spiro atoms. The molecule has 0 saturated carbocycles. The number of benzene rings is 3. The van der Waals surface area contributed by atoms with E-state index >= 15 is 0 Å². The topological polar surface area (TPSA) is 83.7 Å². The smallest absolute Gasteiger partial charge is 0.348 e. The first-order valence-corrected chi connectivity index (χ1v) is 11.8. The molecule has 11 heteroatoms. The average molecular weight is 572 g/mol. The summed E-state index contributed by atoms with van der Waals surface area (Å²) in [5, 5.41) is 12.6. The number of halogens is 5. The Labute approximate surface area is 226 Å². The quantitative estimate of drug-likeness (QED) is 0.245. The Morgan fingerprint density at radius 1 is 0.943 bits per heavy atom. The van der Waals surface area contributed by atoms with Gasteiger partial charge in [-0.25, -0.2) is 4.79 Å². The fourth-order valence-corrected chi connectivity index (χ4v) is 4.14. The molecule has 0 aromatic heterocycles. The predicted molar refractivity (Wildman–Crippen MR) is 141 cm³/mol. The maximum absolute atomic E-state index is 12.7. The van der Waals surface area contributed by atoms with Gasteiger partial charge in [0.1, 0.15) is 11.8 Å². The van der Waals surface area contributed by atoms with E-state index in [9.17, 15) is 4.79 Å². The number of nitriles is 1. The SMILES string of the molecule is CC(C)OC(=NC(=O)Nc1cc(Cl)c(Oc2ccc(C#N)c(Cl)c2)c(Cl)c1)c1c(Cl)cccc1Cl. The van der Waals surface area contributed by atoms with Gasteiger partial charge >= 0.3 is 6.03 Å². The van der Waals surface area contributed by atoms with Gasteiger partial charge in [0.05, 0.1) is 42.3 Å². The van der Waals surface area contributed by atoms with Crippen LogP contribution in [-0.4, -0.2) is 18.0 Å². The standard InChI is InChI=1S/C24H16Cl5N3O3/c1-12(2)34-23(21-16(25)4-3-5-17(21)26)32-24(33)31-14-8-19(28)22(20(29)9-14)35-15-7-6-13(11-30)18(27)10-15/h3-10,12H,1-2H3,(H,31,33). The molecule has 0 saturated heterocycles. The summed E-state index contributed by atoms with van der Waals surface area (Å²) in [5.41, 5.74) is 0.849. The summed E-state index contributed by atoms with van der Waals surface area (Å²) in [4.78, 5) is 16.7. The average Bonchev–Trinajstić information content (AvgIpc) is 2.75. The molecule has 3 aromatic rings. The second-order valence-corrected chi connectivity index (χ2v) is 9.27. The molecule has 35 heavy (non-hydrogen) atoms. The van der Waals surface area contributed by atoms with E-state index in [0.717, 1.165) is 0 Å². The minimum Gasteiger partial charge on any atom is -0.474 e. The van der Waals surface area contributed by atoms with Crippen LogP contribution in [0.1, 0.15) is 25.0 Å². The van der Waals surface area contributed by atoms with E-state index in [1.165, 1.54) is 24.3 Å². The van der Waals surface area contributed by atoms with E-state index in [4.69, 9.17) is 72.7 Å². The molecule has 3 rings (SSSR count). The zero-order valence-corrected chi connectivity index (χ0v) is 22.0. The van der Waals surface area contributed by atoms with Gasteiger partial charge in [0.15, 0.2) is 5.75 Å². The van der Waals surface area contributed by atoms with Crippen LogP contribution in [-0.2, 0) is 4.74 Å². The van der Waals surface area contributed by atoms with Crippen LogP contribution in [0.5, 0.6) is 11.5 Å². The highest BCUT2D eigenvalue weighted by atomic mass is 35.5. The van der Waals surface area contributed by atoms with Crippen LogP contribution in [0.25, 0.3) is 0 Å². The number of hydrogen-bond acceptors (Lipinski definition) is 4. The fourth-order valence-electron chi connectivity index (χ4n) is 2.81. The number of aliphatic imine (C=N–C) groups is 1.